The number of carboxylic acid groups (broad SMARTS) is 1. The maximum atomic E-state index is 13.0. The minimum atomic E-state index is -1.03. The van der Waals surface area contributed by atoms with Crippen molar-refractivity contribution in [2.24, 2.45) is 5.73 Å². The van der Waals surface area contributed by atoms with Gasteiger partial charge in [-0.2, -0.15) is 0 Å². The molecule has 1 aromatic rings. The number of benzene rings is 1. The zero-order chi connectivity index (χ0) is 9.84. The fraction of sp³-hybridized carbons (Fsp3) is 0.222. The van der Waals surface area contributed by atoms with Crippen molar-refractivity contribution in [3.63, 3.8) is 0 Å². The molecule has 70 valence electrons. The normalized spacial score (nSPS) is 12.5. The number of hydrogen-bond donors (Lipinski definition) is 2. The molecule has 1 rings (SSSR count). The molecule has 13 heavy (non-hydrogen) atoms. The summed E-state index contributed by atoms with van der Waals surface area (Å²) in [6.45, 7) is 0. The second-order valence-electron chi connectivity index (χ2n) is 2.73. The van der Waals surface area contributed by atoms with Gasteiger partial charge in [-0.3, -0.25) is 4.79 Å². The van der Waals surface area contributed by atoms with Crippen LogP contribution in [0.3, 0.4) is 0 Å². The zero-order valence-electron chi connectivity index (χ0n) is 6.90. The topological polar surface area (TPSA) is 63.3 Å². The summed E-state index contributed by atoms with van der Waals surface area (Å²) in [7, 11) is 0. The van der Waals surface area contributed by atoms with Gasteiger partial charge >= 0.3 is 5.97 Å². The third kappa shape index (κ3) is 2.52. The van der Waals surface area contributed by atoms with Gasteiger partial charge in [-0.15, -0.1) is 0 Å². The molecule has 0 fully saturated rings. The second kappa shape index (κ2) is 4.00. The van der Waals surface area contributed by atoms with E-state index in [4.69, 9.17) is 10.8 Å². The predicted octanol–water partition coefficient (Wildman–Crippen LogP) is 1.30. The summed E-state index contributed by atoms with van der Waals surface area (Å²) in [6.07, 6.45) is -0.263. The molecule has 3 nitrogen and oxygen atoms in total. The Morgan fingerprint density at radius 3 is 2.69 bits per heavy atom. The molecule has 0 heterocycles. The molecule has 1 atom stereocenters. The van der Waals surface area contributed by atoms with Crippen LogP contribution in [0.5, 0.6) is 0 Å². The van der Waals surface area contributed by atoms with Crippen molar-refractivity contribution in [1.82, 2.24) is 0 Å². The van der Waals surface area contributed by atoms with Crippen molar-refractivity contribution in [1.29, 1.82) is 0 Å². The van der Waals surface area contributed by atoms with E-state index in [1.165, 1.54) is 18.2 Å². The van der Waals surface area contributed by atoms with Gasteiger partial charge < -0.3 is 10.8 Å². The molecule has 0 aliphatic carbocycles. The smallest absolute Gasteiger partial charge is 0.305 e. The van der Waals surface area contributed by atoms with Crippen LogP contribution < -0.4 is 5.73 Å². The summed E-state index contributed by atoms with van der Waals surface area (Å²) in [5.41, 5.74) is 5.72. The quantitative estimate of drug-likeness (QED) is 0.742. The SMILES string of the molecule is NC(CC(=O)O)c1ccccc1F. The van der Waals surface area contributed by atoms with Gasteiger partial charge in [0.25, 0.3) is 0 Å². The first kappa shape index (κ1) is 9.67. The number of aliphatic carboxylic acids is 1. The molecule has 3 N–H and O–H groups in total. The van der Waals surface area contributed by atoms with E-state index in [-0.39, 0.29) is 12.0 Å². The highest BCUT2D eigenvalue weighted by Gasteiger charge is 2.13. The van der Waals surface area contributed by atoms with E-state index in [0.29, 0.717) is 0 Å². The molecular weight excluding hydrogens is 173 g/mol. The summed E-state index contributed by atoms with van der Waals surface area (Å²) < 4.78 is 13.0. The Bertz CT molecular complexity index is 314. The third-order valence-electron chi connectivity index (χ3n) is 1.70. The van der Waals surface area contributed by atoms with E-state index in [1.807, 2.05) is 0 Å². The number of rotatable bonds is 3. The monoisotopic (exact) mass is 183 g/mol. The maximum absolute atomic E-state index is 13.0. The van der Waals surface area contributed by atoms with E-state index >= 15 is 0 Å². The number of nitrogens with two attached hydrogens (primary N) is 1. The number of carboxylic acids is 1. The highest BCUT2D eigenvalue weighted by atomic mass is 19.1. The lowest BCUT2D eigenvalue weighted by molar-refractivity contribution is -0.137. The van der Waals surface area contributed by atoms with Crippen LogP contribution in [0.15, 0.2) is 24.3 Å². The van der Waals surface area contributed by atoms with Crippen LogP contribution in [0, 0.1) is 5.82 Å². The summed E-state index contributed by atoms with van der Waals surface area (Å²) in [5, 5.41) is 8.43. The van der Waals surface area contributed by atoms with Crippen LogP contribution >= 0.6 is 0 Å². The first-order chi connectivity index (χ1) is 6.11. The maximum Gasteiger partial charge on any atom is 0.305 e. The van der Waals surface area contributed by atoms with Crippen LogP contribution in [0.2, 0.25) is 0 Å². The molecule has 1 aromatic carbocycles. The van der Waals surface area contributed by atoms with Crippen LogP contribution in [-0.4, -0.2) is 11.1 Å². The Morgan fingerprint density at radius 1 is 1.54 bits per heavy atom. The Balaban J connectivity index is 2.82. The minimum absolute atomic E-state index is 0.241. The molecule has 1 unspecified atom stereocenters. The molecule has 4 heteroatoms. The Hall–Kier alpha value is -1.42. The number of halogens is 1. The van der Waals surface area contributed by atoms with Crippen molar-refractivity contribution in [3.05, 3.63) is 35.6 Å². The fourth-order valence-corrected chi connectivity index (χ4v) is 1.07. The average molecular weight is 183 g/mol. The molecule has 0 bridgehead atoms. The van der Waals surface area contributed by atoms with Crippen LogP contribution in [-0.2, 0) is 4.79 Å². The van der Waals surface area contributed by atoms with Crippen molar-refractivity contribution in [3.8, 4) is 0 Å². The van der Waals surface area contributed by atoms with Crippen molar-refractivity contribution >= 4 is 5.97 Å². The van der Waals surface area contributed by atoms with Gasteiger partial charge in [0.1, 0.15) is 5.82 Å². The van der Waals surface area contributed by atoms with Crippen LogP contribution in [0.4, 0.5) is 4.39 Å². The fourth-order valence-electron chi connectivity index (χ4n) is 1.07. The molecule has 0 spiro atoms. The molecule has 0 aliphatic heterocycles. The van der Waals surface area contributed by atoms with Crippen LogP contribution in [0.25, 0.3) is 0 Å². The highest BCUT2D eigenvalue weighted by Crippen LogP contribution is 2.16. The molecule has 0 radical (unpaired) electrons. The van der Waals surface area contributed by atoms with Crippen LogP contribution in [0.1, 0.15) is 18.0 Å². The summed E-state index contributed by atoms with van der Waals surface area (Å²) in [5.74, 6) is -1.49. The molecule has 0 aliphatic rings. The zero-order valence-corrected chi connectivity index (χ0v) is 6.90. The van der Waals surface area contributed by atoms with Gasteiger partial charge in [-0.25, -0.2) is 4.39 Å². The second-order valence-corrected chi connectivity index (χ2v) is 2.73. The third-order valence-corrected chi connectivity index (χ3v) is 1.70. The van der Waals surface area contributed by atoms with Crippen molar-refractivity contribution in [2.75, 3.05) is 0 Å². The molecular formula is C9H10FNO2. The molecule has 0 saturated heterocycles. The standard InChI is InChI=1S/C9H10FNO2/c10-7-4-2-1-3-6(7)8(11)5-9(12)13/h1-4,8H,5,11H2,(H,12,13). The average Bonchev–Trinajstić information content (AvgIpc) is 2.03. The van der Waals surface area contributed by atoms with Gasteiger partial charge in [-0.05, 0) is 6.07 Å². The van der Waals surface area contributed by atoms with Gasteiger partial charge in [0.15, 0.2) is 0 Å². The Morgan fingerprint density at radius 2 is 2.15 bits per heavy atom. The molecule has 0 amide bonds. The number of carbonyl (C=O) groups is 1. The van der Waals surface area contributed by atoms with Gasteiger partial charge in [-0.1, -0.05) is 18.2 Å². The van der Waals surface area contributed by atoms with E-state index < -0.39 is 17.8 Å². The Labute approximate surface area is 75.0 Å². The van der Waals surface area contributed by atoms with E-state index in [9.17, 15) is 9.18 Å². The van der Waals surface area contributed by atoms with Crippen molar-refractivity contribution in [2.45, 2.75) is 12.5 Å². The lowest BCUT2D eigenvalue weighted by Crippen LogP contribution is -2.16. The van der Waals surface area contributed by atoms with Gasteiger partial charge in [0, 0.05) is 11.6 Å². The predicted molar refractivity (Wildman–Crippen MR) is 45.6 cm³/mol. The largest absolute Gasteiger partial charge is 0.481 e. The van der Waals surface area contributed by atoms with E-state index in [2.05, 4.69) is 0 Å². The first-order valence-electron chi connectivity index (χ1n) is 3.83. The molecule has 0 saturated carbocycles. The highest BCUT2D eigenvalue weighted by molar-refractivity contribution is 5.67. The van der Waals surface area contributed by atoms with E-state index in [1.54, 1.807) is 6.07 Å². The molecule has 0 aromatic heterocycles. The van der Waals surface area contributed by atoms with Gasteiger partial charge in [0.2, 0.25) is 0 Å². The first-order valence-corrected chi connectivity index (χ1v) is 3.83. The minimum Gasteiger partial charge on any atom is -0.481 e. The van der Waals surface area contributed by atoms with Gasteiger partial charge in [0.05, 0.1) is 6.42 Å². The number of hydrogen-bond acceptors (Lipinski definition) is 2. The Kier molecular flexibility index (Phi) is 2.97. The van der Waals surface area contributed by atoms with Crippen molar-refractivity contribution < 1.29 is 14.3 Å². The lowest BCUT2D eigenvalue weighted by atomic mass is 10.0. The summed E-state index contributed by atoms with van der Waals surface area (Å²) >= 11 is 0. The summed E-state index contributed by atoms with van der Waals surface area (Å²) in [6, 6.07) is 5.13. The summed E-state index contributed by atoms with van der Waals surface area (Å²) in [4.78, 5) is 10.3. The lowest BCUT2D eigenvalue weighted by Gasteiger charge is -2.09. The van der Waals surface area contributed by atoms with E-state index in [0.717, 1.165) is 0 Å².